The molecule has 1 aliphatic heterocycles. The quantitative estimate of drug-likeness (QED) is 0.792. The van der Waals surface area contributed by atoms with Crippen molar-refractivity contribution < 1.29 is 19.4 Å². The first-order chi connectivity index (χ1) is 7.68. The summed E-state index contributed by atoms with van der Waals surface area (Å²) in [6.07, 6.45) is -0.910. The average molecular weight is 221 g/mol. The van der Waals surface area contributed by atoms with E-state index in [1.165, 1.54) is 4.90 Å². The molecule has 84 valence electrons. The van der Waals surface area contributed by atoms with Crippen molar-refractivity contribution in [1.29, 1.82) is 0 Å². The van der Waals surface area contributed by atoms with Crippen LogP contribution in [0.15, 0.2) is 30.3 Å². The number of amides is 1. The zero-order valence-electron chi connectivity index (χ0n) is 8.50. The molecule has 1 aromatic carbocycles. The van der Waals surface area contributed by atoms with Crippen molar-refractivity contribution in [2.24, 2.45) is 0 Å². The van der Waals surface area contributed by atoms with E-state index >= 15 is 0 Å². The van der Waals surface area contributed by atoms with Gasteiger partial charge in [0.15, 0.2) is 6.10 Å². The molecule has 1 N–H and O–H groups in total. The lowest BCUT2D eigenvalue weighted by molar-refractivity contribution is -0.146. The Hall–Kier alpha value is -1.88. The van der Waals surface area contributed by atoms with Gasteiger partial charge in [-0.2, -0.15) is 0 Å². The SMILES string of the molecule is O=C(O)C1CN(C(=O)c2ccccc2)CO1. The molecule has 1 fully saturated rings. The molecule has 1 amide bonds. The third-order valence-corrected chi connectivity index (χ3v) is 2.40. The fraction of sp³-hybridized carbons (Fsp3) is 0.273. The van der Waals surface area contributed by atoms with Crippen LogP contribution in [-0.2, 0) is 9.53 Å². The summed E-state index contributed by atoms with van der Waals surface area (Å²) in [5.41, 5.74) is 0.539. The van der Waals surface area contributed by atoms with Gasteiger partial charge in [-0.25, -0.2) is 4.79 Å². The van der Waals surface area contributed by atoms with Crippen LogP contribution in [0.5, 0.6) is 0 Å². The standard InChI is InChI=1S/C11H11NO4/c13-10(8-4-2-1-3-5-8)12-6-9(11(14)15)16-7-12/h1-5,9H,6-7H2,(H,14,15). The van der Waals surface area contributed by atoms with Crippen molar-refractivity contribution in [3.63, 3.8) is 0 Å². The Labute approximate surface area is 92.2 Å². The molecule has 0 saturated carbocycles. The first kappa shape index (κ1) is 10.6. The molecule has 16 heavy (non-hydrogen) atoms. The molecule has 0 bridgehead atoms. The van der Waals surface area contributed by atoms with Crippen molar-refractivity contribution >= 4 is 11.9 Å². The van der Waals surface area contributed by atoms with E-state index < -0.39 is 12.1 Å². The smallest absolute Gasteiger partial charge is 0.334 e. The Morgan fingerprint density at radius 1 is 1.31 bits per heavy atom. The Kier molecular flexibility index (Phi) is 2.87. The second kappa shape index (κ2) is 4.32. The van der Waals surface area contributed by atoms with Gasteiger partial charge in [0.25, 0.3) is 5.91 Å². The molecule has 1 heterocycles. The zero-order chi connectivity index (χ0) is 11.5. The molecule has 0 spiro atoms. The van der Waals surface area contributed by atoms with Crippen LogP contribution in [0.25, 0.3) is 0 Å². The van der Waals surface area contributed by atoms with Crippen LogP contribution in [0, 0.1) is 0 Å². The number of carboxylic acid groups (broad SMARTS) is 1. The maximum Gasteiger partial charge on any atom is 0.334 e. The number of hydrogen-bond acceptors (Lipinski definition) is 3. The number of carboxylic acids is 1. The average Bonchev–Trinajstić information content (AvgIpc) is 2.78. The Morgan fingerprint density at radius 2 is 2.00 bits per heavy atom. The van der Waals surface area contributed by atoms with Gasteiger partial charge in [0, 0.05) is 5.56 Å². The van der Waals surface area contributed by atoms with Crippen molar-refractivity contribution in [1.82, 2.24) is 4.90 Å². The van der Waals surface area contributed by atoms with E-state index in [1.807, 2.05) is 6.07 Å². The fourth-order valence-corrected chi connectivity index (χ4v) is 1.54. The Morgan fingerprint density at radius 3 is 2.56 bits per heavy atom. The Bertz CT molecular complexity index is 404. The van der Waals surface area contributed by atoms with Gasteiger partial charge >= 0.3 is 5.97 Å². The molecule has 1 aliphatic rings. The first-order valence-corrected chi connectivity index (χ1v) is 4.87. The van der Waals surface area contributed by atoms with Gasteiger partial charge in [0.2, 0.25) is 0 Å². The second-order valence-corrected chi connectivity index (χ2v) is 3.52. The van der Waals surface area contributed by atoms with Crippen LogP contribution >= 0.6 is 0 Å². The maximum atomic E-state index is 11.9. The second-order valence-electron chi connectivity index (χ2n) is 3.52. The summed E-state index contributed by atoms with van der Waals surface area (Å²) in [6, 6.07) is 8.72. The fourth-order valence-electron chi connectivity index (χ4n) is 1.54. The highest BCUT2D eigenvalue weighted by Crippen LogP contribution is 2.12. The molecular formula is C11H11NO4. The summed E-state index contributed by atoms with van der Waals surface area (Å²) in [4.78, 5) is 23.9. The van der Waals surface area contributed by atoms with Crippen LogP contribution in [0.3, 0.4) is 0 Å². The van der Waals surface area contributed by atoms with Gasteiger partial charge < -0.3 is 14.7 Å². The van der Waals surface area contributed by atoms with Gasteiger partial charge in [-0.15, -0.1) is 0 Å². The molecule has 2 rings (SSSR count). The van der Waals surface area contributed by atoms with Gasteiger partial charge in [0.05, 0.1) is 6.54 Å². The summed E-state index contributed by atoms with van der Waals surface area (Å²) in [7, 11) is 0. The van der Waals surface area contributed by atoms with Gasteiger partial charge in [-0.1, -0.05) is 18.2 Å². The number of aliphatic carboxylic acids is 1. The van der Waals surface area contributed by atoms with Crippen LogP contribution in [0.2, 0.25) is 0 Å². The molecule has 1 aromatic rings. The minimum Gasteiger partial charge on any atom is -0.479 e. The zero-order valence-corrected chi connectivity index (χ0v) is 8.50. The molecule has 1 atom stereocenters. The topological polar surface area (TPSA) is 66.8 Å². The maximum absolute atomic E-state index is 11.9. The lowest BCUT2D eigenvalue weighted by Gasteiger charge is -2.13. The third kappa shape index (κ3) is 2.04. The van der Waals surface area contributed by atoms with E-state index in [2.05, 4.69) is 0 Å². The van der Waals surface area contributed by atoms with Gasteiger partial charge in [-0.05, 0) is 12.1 Å². The van der Waals surface area contributed by atoms with E-state index in [9.17, 15) is 9.59 Å². The summed E-state index contributed by atoms with van der Waals surface area (Å²) in [5, 5.41) is 8.72. The Balaban J connectivity index is 2.05. The molecule has 1 saturated heterocycles. The van der Waals surface area contributed by atoms with Crippen molar-refractivity contribution in [2.75, 3.05) is 13.3 Å². The molecule has 1 unspecified atom stereocenters. The van der Waals surface area contributed by atoms with Gasteiger partial charge in [-0.3, -0.25) is 4.79 Å². The van der Waals surface area contributed by atoms with E-state index in [4.69, 9.17) is 9.84 Å². The summed E-state index contributed by atoms with van der Waals surface area (Å²) >= 11 is 0. The van der Waals surface area contributed by atoms with E-state index in [-0.39, 0.29) is 19.2 Å². The van der Waals surface area contributed by atoms with Crippen LogP contribution < -0.4 is 0 Å². The van der Waals surface area contributed by atoms with E-state index in [1.54, 1.807) is 24.3 Å². The number of hydrogen-bond donors (Lipinski definition) is 1. The molecule has 0 aliphatic carbocycles. The predicted octanol–water partition coefficient (Wildman–Crippen LogP) is 0.570. The van der Waals surface area contributed by atoms with Crippen LogP contribution in [0.4, 0.5) is 0 Å². The molecule has 5 heteroatoms. The van der Waals surface area contributed by atoms with Crippen molar-refractivity contribution in [3.8, 4) is 0 Å². The monoisotopic (exact) mass is 221 g/mol. The molecule has 5 nitrogen and oxygen atoms in total. The van der Waals surface area contributed by atoms with Crippen LogP contribution in [0.1, 0.15) is 10.4 Å². The van der Waals surface area contributed by atoms with E-state index in [0.29, 0.717) is 5.56 Å². The molecular weight excluding hydrogens is 210 g/mol. The number of benzene rings is 1. The molecule has 0 aromatic heterocycles. The summed E-state index contributed by atoms with van der Waals surface area (Å²) < 4.78 is 4.98. The number of nitrogens with zero attached hydrogens (tertiary/aromatic N) is 1. The van der Waals surface area contributed by atoms with Crippen molar-refractivity contribution in [2.45, 2.75) is 6.10 Å². The normalized spacial score (nSPS) is 19.8. The highest BCUT2D eigenvalue weighted by atomic mass is 16.5. The lowest BCUT2D eigenvalue weighted by Crippen LogP contribution is -2.31. The number of carbonyl (C=O) groups excluding carboxylic acids is 1. The minimum atomic E-state index is -1.04. The van der Waals surface area contributed by atoms with Crippen molar-refractivity contribution in [3.05, 3.63) is 35.9 Å². The lowest BCUT2D eigenvalue weighted by atomic mass is 10.2. The summed E-state index contributed by atoms with van der Waals surface area (Å²) in [6.45, 7) is 0.133. The highest BCUT2D eigenvalue weighted by Gasteiger charge is 2.31. The number of ether oxygens (including phenoxy) is 1. The van der Waals surface area contributed by atoms with E-state index in [0.717, 1.165) is 0 Å². The van der Waals surface area contributed by atoms with Gasteiger partial charge in [0.1, 0.15) is 6.73 Å². The third-order valence-electron chi connectivity index (χ3n) is 2.40. The first-order valence-electron chi connectivity index (χ1n) is 4.87. The largest absolute Gasteiger partial charge is 0.479 e. The van der Waals surface area contributed by atoms with Crippen LogP contribution in [-0.4, -0.2) is 41.3 Å². The molecule has 0 radical (unpaired) electrons. The summed E-state index contributed by atoms with van der Waals surface area (Å²) in [5.74, 6) is -1.24. The minimum absolute atomic E-state index is 0.0324. The number of rotatable bonds is 2. The number of carbonyl (C=O) groups is 2. The highest BCUT2D eigenvalue weighted by molar-refractivity contribution is 5.94. The predicted molar refractivity (Wildman–Crippen MR) is 54.9 cm³/mol.